The van der Waals surface area contributed by atoms with Crippen LogP contribution in [0.5, 0.6) is 0 Å². The van der Waals surface area contributed by atoms with E-state index in [0.29, 0.717) is 21.8 Å². The zero-order chi connectivity index (χ0) is 13.4. The molecule has 96 valence electrons. The van der Waals surface area contributed by atoms with Crippen molar-refractivity contribution in [3.63, 3.8) is 0 Å². The molecule has 2 heterocycles. The second-order valence-electron chi connectivity index (χ2n) is 4.33. The predicted molar refractivity (Wildman–Crippen MR) is 73.5 cm³/mol. The molecule has 0 saturated carbocycles. The van der Waals surface area contributed by atoms with Crippen LogP contribution >= 0.6 is 15.9 Å². The second-order valence-corrected chi connectivity index (χ2v) is 5.04. The minimum absolute atomic E-state index is 0.348. The Labute approximate surface area is 111 Å². The molecule has 0 amide bonds. The summed E-state index contributed by atoms with van der Waals surface area (Å²) in [4.78, 5) is 29.8. The van der Waals surface area contributed by atoms with Crippen molar-refractivity contribution >= 4 is 33.3 Å². The molecule has 6 nitrogen and oxygen atoms in total. The first kappa shape index (κ1) is 12.8. The van der Waals surface area contributed by atoms with Gasteiger partial charge in [-0.15, -0.1) is 0 Å². The first-order valence-electron chi connectivity index (χ1n) is 5.47. The number of nitrogens with zero attached hydrogens (tertiary/aromatic N) is 3. The normalized spacial score (nSPS) is 12.1. The number of fused-ring (bicyclic) bond motifs is 1. The van der Waals surface area contributed by atoms with Crippen LogP contribution in [0.15, 0.2) is 20.4 Å². The Morgan fingerprint density at radius 3 is 2.67 bits per heavy atom. The molecule has 7 heteroatoms. The van der Waals surface area contributed by atoms with Gasteiger partial charge in [-0.05, 0) is 21.8 Å². The Morgan fingerprint density at radius 1 is 1.39 bits per heavy atom. The predicted octanol–water partition coefficient (Wildman–Crippen LogP) is 1.31. The zero-order valence-corrected chi connectivity index (χ0v) is 11.9. The standard InChI is InChI=1S/C11H13BrN4O2/c1-6(2)4-5-16-7-8(13-10(16)12)15(3)11(18)14-9(7)17/h4-6H,1-3H3,(H,14,17,18)/b5-4+. The molecule has 1 N–H and O–H groups in total. The van der Waals surface area contributed by atoms with Gasteiger partial charge in [0.15, 0.2) is 15.9 Å². The topological polar surface area (TPSA) is 72.7 Å². The van der Waals surface area contributed by atoms with Gasteiger partial charge in [0.2, 0.25) is 0 Å². The molecule has 2 aromatic heterocycles. The van der Waals surface area contributed by atoms with Crippen LogP contribution in [0.1, 0.15) is 13.8 Å². The molecule has 0 fully saturated rings. The molecule has 0 aliphatic carbocycles. The highest BCUT2D eigenvalue weighted by molar-refractivity contribution is 9.10. The number of hydrogen-bond donors (Lipinski definition) is 1. The quantitative estimate of drug-likeness (QED) is 0.850. The van der Waals surface area contributed by atoms with E-state index in [1.54, 1.807) is 17.8 Å². The summed E-state index contributed by atoms with van der Waals surface area (Å²) in [5.41, 5.74) is -0.220. The molecule has 0 aliphatic heterocycles. The summed E-state index contributed by atoms with van der Waals surface area (Å²) in [5, 5.41) is 0. The lowest BCUT2D eigenvalue weighted by Gasteiger charge is -2.00. The average molecular weight is 313 g/mol. The Balaban J connectivity index is 2.84. The Bertz CT molecular complexity index is 736. The summed E-state index contributed by atoms with van der Waals surface area (Å²) in [6.07, 6.45) is 3.71. The van der Waals surface area contributed by atoms with Gasteiger partial charge < -0.3 is 0 Å². The fourth-order valence-electron chi connectivity index (χ4n) is 1.57. The van der Waals surface area contributed by atoms with E-state index < -0.39 is 11.2 Å². The van der Waals surface area contributed by atoms with E-state index in [2.05, 4.69) is 25.9 Å². The fraction of sp³-hybridized carbons (Fsp3) is 0.364. The minimum Gasteiger partial charge on any atom is -0.288 e. The van der Waals surface area contributed by atoms with Crippen LogP contribution in [-0.2, 0) is 7.05 Å². The third kappa shape index (κ3) is 2.05. The smallest absolute Gasteiger partial charge is 0.288 e. The molecular weight excluding hydrogens is 300 g/mol. The van der Waals surface area contributed by atoms with E-state index in [1.165, 1.54) is 4.57 Å². The van der Waals surface area contributed by atoms with Crippen molar-refractivity contribution in [1.82, 2.24) is 19.1 Å². The van der Waals surface area contributed by atoms with Crippen LogP contribution in [-0.4, -0.2) is 19.1 Å². The van der Waals surface area contributed by atoms with Crippen molar-refractivity contribution in [2.45, 2.75) is 13.8 Å². The monoisotopic (exact) mass is 312 g/mol. The molecule has 0 radical (unpaired) electrons. The summed E-state index contributed by atoms with van der Waals surface area (Å²) in [7, 11) is 1.57. The summed E-state index contributed by atoms with van der Waals surface area (Å²) in [5.74, 6) is 0.348. The van der Waals surface area contributed by atoms with Crippen molar-refractivity contribution in [2.75, 3.05) is 0 Å². The number of halogens is 1. The van der Waals surface area contributed by atoms with Gasteiger partial charge in [-0.1, -0.05) is 19.9 Å². The van der Waals surface area contributed by atoms with Crippen molar-refractivity contribution in [3.05, 3.63) is 31.6 Å². The van der Waals surface area contributed by atoms with E-state index in [9.17, 15) is 9.59 Å². The number of allylic oxidation sites excluding steroid dienone is 1. The molecule has 0 saturated heterocycles. The maximum Gasteiger partial charge on any atom is 0.329 e. The summed E-state index contributed by atoms with van der Waals surface area (Å²) in [6, 6.07) is 0. The minimum atomic E-state index is -0.475. The Hall–Kier alpha value is -1.63. The highest BCUT2D eigenvalue weighted by Gasteiger charge is 2.13. The van der Waals surface area contributed by atoms with Crippen LogP contribution in [0.25, 0.3) is 17.4 Å². The van der Waals surface area contributed by atoms with Crippen LogP contribution in [0.4, 0.5) is 0 Å². The number of nitrogens with one attached hydrogen (secondary N) is 1. The van der Waals surface area contributed by atoms with Crippen LogP contribution in [0.3, 0.4) is 0 Å². The van der Waals surface area contributed by atoms with Crippen molar-refractivity contribution in [3.8, 4) is 0 Å². The molecule has 0 aromatic carbocycles. The molecule has 0 unspecified atom stereocenters. The van der Waals surface area contributed by atoms with E-state index in [1.807, 2.05) is 19.9 Å². The lowest BCUT2D eigenvalue weighted by Crippen LogP contribution is -2.28. The molecular formula is C11H13BrN4O2. The van der Waals surface area contributed by atoms with Crippen LogP contribution in [0.2, 0.25) is 0 Å². The largest absolute Gasteiger partial charge is 0.329 e. The number of H-pyrrole nitrogens is 1. The molecule has 0 bridgehead atoms. The van der Waals surface area contributed by atoms with Crippen LogP contribution in [0, 0.1) is 5.92 Å². The fourth-order valence-corrected chi connectivity index (χ4v) is 2.03. The third-order valence-electron chi connectivity index (χ3n) is 2.53. The van der Waals surface area contributed by atoms with Gasteiger partial charge in [0.05, 0.1) is 0 Å². The number of hydrogen-bond acceptors (Lipinski definition) is 3. The highest BCUT2D eigenvalue weighted by atomic mass is 79.9. The number of aromatic nitrogens is 4. The lowest BCUT2D eigenvalue weighted by atomic mass is 10.2. The first-order chi connectivity index (χ1) is 8.41. The number of aromatic amines is 1. The number of rotatable bonds is 2. The van der Waals surface area contributed by atoms with E-state index in [4.69, 9.17) is 0 Å². The number of aryl methyl sites for hydroxylation is 1. The van der Waals surface area contributed by atoms with Gasteiger partial charge in [0, 0.05) is 13.2 Å². The second kappa shape index (κ2) is 4.56. The molecule has 0 spiro atoms. The molecule has 18 heavy (non-hydrogen) atoms. The summed E-state index contributed by atoms with van der Waals surface area (Å²) >= 11 is 3.29. The molecule has 2 aromatic rings. The lowest BCUT2D eigenvalue weighted by molar-refractivity contribution is 0.828. The molecule has 2 rings (SSSR count). The molecule has 0 aliphatic rings. The van der Waals surface area contributed by atoms with Crippen molar-refractivity contribution in [2.24, 2.45) is 13.0 Å². The average Bonchev–Trinajstić information content (AvgIpc) is 2.61. The summed E-state index contributed by atoms with van der Waals surface area (Å²) in [6.45, 7) is 4.06. The van der Waals surface area contributed by atoms with Gasteiger partial charge in [0.25, 0.3) is 5.56 Å². The zero-order valence-electron chi connectivity index (χ0n) is 10.3. The van der Waals surface area contributed by atoms with Gasteiger partial charge in [-0.25, -0.2) is 9.78 Å². The Kier molecular flexibility index (Phi) is 3.25. The van der Waals surface area contributed by atoms with Gasteiger partial charge >= 0.3 is 5.69 Å². The van der Waals surface area contributed by atoms with E-state index >= 15 is 0 Å². The first-order valence-corrected chi connectivity index (χ1v) is 6.26. The molecule has 0 atom stereocenters. The maximum atomic E-state index is 11.8. The SMILES string of the molecule is CC(C)/C=C/n1c(Br)nc2c1c(=O)[nH]c(=O)n2C. The van der Waals surface area contributed by atoms with Crippen molar-refractivity contribution < 1.29 is 0 Å². The number of imidazole rings is 1. The third-order valence-corrected chi connectivity index (χ3v) is 3.09. The van der Waals surface area contributed by atoms with Gasteiger partial charge in [0.1, 0.15) is 0 Å². The Morgan fingerprint density at radius 2 is 2.06 bits per heavy atom. The maximum absolute atomic E-state index is 11.8. The summed E-state index contributed by atoms with van der Waals surface area (Å²) < 4.78 is 3.41. The highest BCUT2D eigenvalue weighted by Crippen LogP contribution is 2.16. The van der Waals surface area contributed by atoms with Crippen LogP contribution < -0.4 is 11.2 Å². The van der Waals surface area contributed by atoms with Crippen molar-refractivity contribution in [1.29, 1.82) is 0 Å². The van der Waals surface area contributed by atoms with E-state index in [-0.39, 0.29) is 0 Å². The van der Waals surface area contributed by atoms with E-state index in [0.717, 1.165) is 0 Å². The van der Waals surface area contributed by atoms with Gasteiger partial charge in [-0.2, -0.15) is 0 Å². The van der Waals surface area contributed by atoms with Gasteiger partial charge in [-0.3, -0.25) is 18.9 Å².